The lowest BCUT2D eigenvalue weighted by Crippen LogP contribution is -2.26. The van der Waals surface area contributed by atoms with Gasteiger partial charge in [-0.2, -0.15) is 0 Å². The quantitative estimate of drug-likeness (QED) is 0.733. The van der Waals surface area contributed by atoms with Gasteiger partial charge in [0.05, 0.1) is 0 Å². The van der Waals surface area contributed by atoms with Crippen LogP contribution in [-0.4, -0.2) is 30.4 Å². The fraction of sp³-hybridized carbons (Fsp3) is 0.588. The molecule has 0 saturated heterocycles. The Labute approximate surface area is 128 Å². The number of hydrogen-bond acceptors (Lipinski definition) is 3. The van der Waals surface area contributed by atoms with Crippen LogP contribution in [0.1, 0.15) is 38.3 Å². The van der Waals surface area contributed by atoms with Crippen LogP contribution in [0.3, 0.4) is 0 Å². The van der Waals surface area contributed by atoms with E-state index < -0.39 is 0 Å². The summed E-state index contributed by atoms with van der Waals surface area (Å²) in [5.41, 5.74) is 7.97. The minimum absolute atomic E-state index is 0.0696. The number of hydrogen-bond donors (Lipinski definition) is 2. The zero-order chi connectivity index (χ0) is 15.7. The molecule has 0 heterocycles. The first-order valence-corrected chi connectivity index (χ1v) is 7.85. The molecule has 4 nitrogen and oxygen atoms in total. The summed E-state index contributed by atoms with van der Waals surface area (Å²) >= 11 is 0. The molecule has 0 bridgehead atoms. The average Bonchev–Trinajstić information content (AvgIpc) is 2.51. The number of rotatable bonds is 9. The van der Waals surface area contributed by atoms with E-state index in [-0.39, 0.29) is 11.8 Å². The largest absolute Gasteiger partial charge is 0.352 e. The van der Waals surface area contributed by atoms with Crippen LogP contribution in [0.4, 0.5) is 0 Å². The summed E-state index contributed by atoms with van der Waals surface area (Å²) in [4.78, 5) is 14.1. The van der Waals surface area contributed by atoms with Crippen LogP contribution in [0.5, 0.6) is 0 Å². The van der Waals surface area contributed by atoms with Crippen molar-refractivity contribution in [3.8, 4) is 0 Å². The van der Waals surface area contributed by atoms with Crippen LogP contribution in [0.15, 0.2) is 24.3 Å². The van der Waals surface area contributed by atoms with Gasteiger partial charge in [0.2, 0.25) is 5.91 Å². The molecule has 0 aliphatic carbocycles. The maximum Gasteiger partial charge on any atom is 0.220 e. The van der Waals surface area contributed by atoms with Gasteiger partial charge in [0.15, 0.2) is 0 Å². The molecule has 0 aliphatic heterocycles. The predicted octanol–water partition coefficient (Wildman–Crippen LogP) is 2.13. The first-order chi connectivity index (χ1) is 10.1. The van der Waals surface area contributed by atoms with Gasteiger partial charge in [-0.05, 0) is 36.7 Å². The highest BCUT2D eigenvalue weighted by Gasteiger charge is 2.07. The summed E-state index contributed by atoms with van der Waals surface area (Å²) in [5, 5.41) is 2.94. The summed E-state index contributed by atoms with van der Waals surface area (Å²) in [6.07, 6.45) is 0.497. The molecule has 4 heteroatoms. The van der Waals surface area contributed by atoms with Crippen molar-refractivity contribution in [1.29, 1.82) is 0 Å². The summed E-state index contributed by atoms with van der Waals surface area (Å²) in [5.74, 6) is 0.307. The van der Waals surface area contributed by atoms with Crippen LogP contribution in [-0.2, 0) is 17.9 Å². The van der Waals surface area contributed by atoms with Crippen molar-refractivity contribution >= 4 is 5.91 Å². The Kier molecular flexibility index (Phi) is 8.01. The lowest BCUT2D eigenvalue weighted by Gasteiger charge is -2.18. The van der Waals surface area contributed by atoms with Crippen molar-refractivity contribution in [1.82, 2.24) is 10.2 Å². The smallest absolute Gasteiger partial charge is 0.220 e. The number of amides is 1. The Hall–Kier alpha value is -1.39. The predicted molar refractivity (Wildman–Crippen MR) is 87.7 cm³/mol. The first kappa shape index (κ1) is 17.7. The second-order valence-electron chi connectivity index (χ2n) is 5.60. The topological polar surface area (TPSA) is 58.4 Å². The van der Waals surface area contributed by atoms with Gasteiger partial charge >= 0.3 is 0 Å². The molecule has 1 aromatic carbocycles. The van der Waals surface area contributed by atoms with Gasteiger partial charge in [-0.1, -0.05) is 45.0 Å². The van der Waals surface area contributed by atoms with Crippen LogP contribution >= 0.6 is 0 Å². The van der Waals surface area contributed by atoms with E-state index >= 15 is 0 Å². The lowest BCUT2D eigenvalue weighted by atomic mass is 10.1. The molecule has 1 unspecified atom stereocenters. The maximum atomic E-state index is 11.7. The molecule has 0 aromatic heterocycles. The van der Waals surface area contributed by atoms with Crippen molar-refractivity contribution in [3.05, 3.63) is 35.4 Å². The van der Waals surface area contributed by atoms with Crippen LogP contribution in [0.2, 0.25) is 0 Å². The van der Waals surface area contributed by atoms with Crippen molar-refractivity contribution in [2.24, 2.45) is 11.7 Å². The lowest BCUT2D eigenvalue weighted by molar-refractivity contribution is -0.122. The van der Waals surface area contributed by atoms with Gasteiger partial charge in [-0.15, -0.1) is 0 Å². The molecular formula is C17H29N3O. The monoisotopic (exact) mass is 291 g/mol. The molecule has 0 fully saturated rings. The second-order valence-corrected chi connectivity index (χ2v) is 5.60. The maximum absolute atomic E-state index is 11.7. The minimum atomic E-state index is 0.0696. The number of carbonyl (C=O) groups is 1. The van der Waals surface area contributed by atoms with Gasteiger partial charge in [0.1, 0.15) is 0 Å². The highest BCUT2D eigenvalue weighted by atomic mass is 16.1. The molecule has 3 N–H and O–H groups in total. The fourth-order valence-corrected chi connectivity index (χ4v) is 2.14. The molecule has 0 saturated carbocycles. The van der Waals surface area contributed by atoms with Gasteiger partial charge in [0, 0.05) is 19.5 Å². The van der Waals surface area contributed by atoms with Crippen LogP contribution in [0, 0.1) is 5.92 Å². The zero-order valence-corrected chi connectivity index (χ0v) is 13.6. The molecule has 0 spiro atoms. The Morgan fingerprint density at radius 2 is 1.76 bits per heavy atom. The van der Waals surface area contributed by atoms with Gasteiger partial charge < -0.3 is 11.1 Å². The molecular weight excluding hydrogens is 262 g/mol. The molecule has 0 aliphatic rings. The SMILES string of the molecule is CCN(CC)Cc1ccc(CNC(=O)CC(C)CN)cc1. The normalized spacial score (nSPS) is 12.4. The van der Waals surface area contributed by atoms with Crippen LogP contribution < -0.4 is 11.1 Å². The Balaban J connectivity index is 2.42. The number of nitrogens with zero attached hydrogens (tertiary/aromatic N) is 1. The third kappa shape index (κ3) is 6.74. The van der Waals surface area contributed by atoms with E-state index in [4.69, 9.17) is 5.73 Å². The molecule has 21 heavy (non-hydrogen) atoms. The van der Waals surface area contributed by atoms with E-state index in [0.29, 0.717) is 19.5 Å². The molecule has 1 atom stereocenters. The van der Waals surface area contributed by atoms with Crippen molar-refractivity contribution in [2.45, 2.75) is 40.3 Å². The molecule has 1 amide bonds. The van der Waals surface area contributed by atoms with Crippen LogP contribution in [0.25, 0.3) is 0 Å². The molecule has 1 rings (SSSR count). The van der Waals surface area contributed by atoms with E-state index in [9.17, 15) is 4.79 Å². The van der Waals surface area contributed by atoms with Crippen molar-refractivity contribution in [2.75, 3.05) is 19.6 Å². The summed E-state index contributed by atoms with van der Waals surface area (Å²) in [7, 11) is 0. The average molecular weight is 291 g/mol. The van der Waals surface area contributed by atoms with E-state index in [1.165, 1.54) is 5.56 Å². The van der Waals surface area contributed by atoms with Gasteiger partial charge in [0.25, 0.3) is 0 Å². The van der Waals surface area contributed by atoms with E-state index in [0.717, 1.165) is 25.2 Å². The highest BCUT2D eigenvalue weighted by molar-refractivity contribution is 5.76. The summed E-state index contributed by atoms with van der Waals surface area (Å²) in [6, 6.07) is 8.46. The number of nitrogens with one attached hydrogen (secondary N) is 1. The standard InChI is InChI=1S/C17H29N3O/c1-4-20(5-2)13-16-8-6-15(7-9-16)12-19-17(21)10-14(3)11-18/h6-9,14H,4-5,10-13,18H2,1-3H3,(H,19,21). The van der Waals surface area contributed by atoms with Gasteiger partial charge in [-0.3, -0.25) is 9.69 Å². The van der Waals surface area contributed by atoms with Gasteiger partial charge in [-0.25, -0.2) is 0 Å². The van der Waals surface area contributed by atoms with Crippen molar-refractivity contribution < 1.29 is 4.79 Å². The Bertz CT molecular complexity index is 413. The van der Waals surface area contributed by atoms with E-state index in [1.54, 1.807) is 0 Å². The highest BCUT2D eigenvalue weighted by Crippen LogP contribution is 2.08. The third-order valence-corrected chi connectivity index (χ3v) is 3.75. The fourth-order valence-electron chi connectivity index (χ4n) is 2.14. The molecule has 1 aromatic rings. The Morgan fingerprint density at radius 3 is 2.29 bits per heavy atom. The molecule has 0 radical (unpaired) electrons. The zero-order valence-electron chi connectivity index (χ0n) is 13.6. The number of carbonyl (C=O) groups excluding carboxylic acids is 1. The first-order valence-electron chi connectivity index (χ1n) is 7.85. The number of nitrogens with two attached hydrogens (primary N) is 1. The van der Waals surface area contributed by atoms with E-state index in [1.807, 2.05) is 6.92 Å². The minimum Gasteiger partial charge on any atom is -0.352 e. The molecule has 118 valence electrons. The van der Waals surface area contributed by atoms with E-state index in [2.05, 4.69) is 48.3 Å². The Morgan fingerprint density at radius 1 is 1.19 bits per heavy atom. The number of benzene rings is 1. The third-order valence-electron chi connectivity index (χ3n) is 3.75. The van der Waals surface area contributed by atoms with Crippen molar-refractivity contribution in [3.63, 3.8) is 0 Å². The summed E-state index contributed by atoms with van der Waals surface area (Å²) in [6.45, 7) is 10.6. The second kappa shape index (κ2) is 9.53. The summed E-state index contributed by atoms with van der Waals surface area (Å²) < 4.78 is 0.